The van der Waals surface area contributed by atoms with Crippen LogP contribution in [0.4, 0.5) is 13.2 Å². The normalized spacial score (nSPS) is 25.8. The minimum atomic E-state index is -4.47. The van der Waals surface area contributed by atoms with Crippen LogP contribution < -0.4 is 11.2 Å². The van der Waals surface area contributed by atoms with E-state index in [-0.39, 0.29) is 12.6 Å². The number of hydroxylamine groups is 1. The lowest BCUT2D eigenvalue weighted by molar-refractivity contribution is -0.194. The van der Waals surface area contributed by atoms with E-state index in [1.54, 1.807) is 5.48 Å². The fourth-order valence-electron chi connectivity index (χ4n) is 1.33. The van der Waals surface area contributed by atoms with Gasteiger partial charge >= 0.3 is 6.18 Å². The molecule has 94 valence electrons. The first kappa shape index (κ1) is 13.2. The summed E-state index contributed by atoms with van der Waals surface area (Å²) in [5.74, 6) is -0.708. The molecule has 0 aliphatic carbocycles. The molecule has 16 heavy (non-hydrogen) atoms. The maximum Gasteiger partial charge on any atom is 0.414 e. The van der Waals surface area contributed by atoms with Crippen LogP contribution in [0.3, 0.4) is 0 Å². The Balaban J connectivity index is 2.21. The van der Waals surface area contributed by atoms with Gasteiger partial charge in [-0.1, -0.05) is 0 Å². The summed E-state index contributed by atoms with van der Waals surface area (Å²) in [6.07, 6.45) is -4.40. The topological polar surface area (TPSA) is 73.6 Å². The number of hydrogen-bond donors (Lipinski definition) is 2. The number of nitrogens with one attached hydrogen (secondary N) is 1. The minimum Gasteiger partial charge on any atom is -0.364 e. The number of halogens is 3. The number of amides is 1. The molecule has 1 aliphatic heterocycles. The Hall–Kier alpha value is -0.860. The monoisotopic (exact) mass is 242 g/mol. The van der Waals surface area contributed by atoms with Crippen LogP contribution in [-0.4, -0.2) is 37.4 Å². The number of carbonyl (C=O) groups is 1. The molecule has 2 unspecified atom stereocenters. The van der Waals surface area contributed by atoms with Crippen molar-refractivity contribution < 1.29 is 27.5 Å². The van der Waals surface area contributed by atoms with Gasteiger partial charge in [-0.3, -0.25) is 9.63 Å². The van der Waals surface area contributed by atoms with Gasteiger partial charge in [0, 0.05) is 6.54 Å². The van der Waals surface area contributed by atoms with Crippen LogP contribution in [0.2, 0.25) is 0 Å². The number of ether oxygens (including phenoxy) is 1. The molecule has 0 aromatic heterocycles. The summed E-state index contributed by atoms with van der Waals surface area (Å²) >= 11 is 0. The van der Waals surface area contributed by atoms with E-state index in [1.165, 1.54) is 0 Å². The predicted octanol–water partition coefficient (Wildman–Crippen LogP) is 0.103. The fraction of sp³-hybridized carbons (Fsp3) is 0.875. The van der Waals surface area contributed by atoms with Gasteiger partial charge in [-0.2, -0.15) is 13.2 Å². The van der Waals surface area contributed by atoms with Crippen LogP contribution in [0.5, 0.6) is 0 Å². The van der Waals surface area contributed by atoms with E-state index in [2.05, 4.69) is 4.84 Å². The molecule has 5 nitrogen and oxygen atoms in total. The lowest BCUT2D eigenvalue weighted by atomic mass is 10.2. The molecule has 2 atom stereocenters. The molecule has 1 fully saturated rings. The Morgan fingerprint density at radius 1 is 1.50 bits per heavy atom. The van der Waals surface area contributed by atoms with E-state index in [4.69, 9.17) is 10.5 Å². The summed E-state index contributed by atoms with van der Waals surface area (Å²) in [5.41, 5.74) is 7.02. The molecule has 0 saturated carbocycles. The third kappa shape index (κ3) is 4.33. The Kier molecular flexibility index (Phi) is 4.51. The van der Waals surface area contributed by atoms with Crippen molar-refractivity contribution in [2.24, 2.45) is 5.73 Å². The number of alkyl halides is 3. The maximum absolute atomic E-state index is 11.7. The summed E-state index contributed by atoms with van der Waals surface area (Å²) in [6, 6.07) is 0. The standard InChI is InChI=1S/C8H13F3N2O3/c9-8(10,11)4-15-13-7(14)6-2-1-5(3-12)16-6/h5-6H,1-4,12H2,(H,13,14). The van der Waals surface area contributed by atoms with Crippen LogP contribution in [0, 0.1) is 0 Å². The zero-order valence-corrected chi connectivity index (χ0v) is 8.42. The van der Waals surface area contributed by atoms with Gasteiger partial charge in [0.1, 0.15) is 6.10 Å². The number of rotatable bonds is 4. The average molecular weight is 242 g/mol. The Morgan fingerprint density at radius 3 is 2.69 bits per heavy atom. The van der Waals surface area contributed by atoms with Crippen molar-refractivity contribution in [3.05, 3.63) is 0 Å². The van der Waals surface area contributed by atoms with Gasteiger partial charge in [0.05, 0.1) is 6.10 Å². The first-order valence-corrected chi connectivity index (χ1v) is 4.76. The highest BCUT2D eigenvalue weighted by molar-refractivity contribution is 5.80. The Morgan fingerprint density at radius 2 is 2.19 bits per heavy atom. The second kappa shape index (κ2) is 5.46. The quantitative estimate of drug-likeness (QED) is 0.686. The average Bonchev–Trinajstić information content (AvgIpc) is 2.63. The van der Waals surface area contributed by atoms with Crippen LogP contribution >= 0.6 is 0 Å². The van der Waals surface area contributed by atoms with E-state index in [1.807, 2.05) is 0 Å². The minimum absolute atomic E-state index is 0.210. The van der Waals surface area contributed by atoms with Gasteiger partial charge in [0.2, 0.25) is 0 Å². The highest BCUT2D eigenvalue weighted by Crippen LogP contribution is 2.19. The summed E-state index contributed by atoms with van der Waals surface area (Å²) in [6.45, 7) is -1.24. The summed E-state index contributed by atoms with van der Waals surface area (Å²) in [4.78, 5) is 15.2. The van der Waals surface area contributed by atoms with Gasteiger partial charge < -0.3 is 10.5 Å². The second-order valence-corrected chi connectivity index (χ2v) is 3.43. The third-order valence-corrected chi connectivity index (χ3v) is 2.07. The lowest BCUT2D eigenvalue weighted by Crippen LogP contribution is -2.37. The first-order chi connectivity index (χ1) is 7.42. The van der Waals surface area contributed by atoms with Crippen molar-refractivity contribution in [1.82, 2.24) is 5.48 Å². The van der Waals surface area contributed by atoms with Crippen LogP contribution in [0.1, 0.15) is 12.8 Å². The molecule has 1 amide bonds. The van der Waals surface area contributed by atoms with Crippen molar-refractivity contribution in [3.63, 3.8) is 0 Å². The molecule has 1 saturated heterocycles. The zero-order chi connectivity index (χ0) is 12.2. The van der Waals surface area contributed by atoms with Gasteiger partial charge in [-0.15, -0.1) is 0 Å². The Labute approximate surface area is 90.0 Å². The smallest absolute Gasteiger partial charge is 0.364 e. The van der Waals surface area contributed by atoms with Crippen LogP contribution in [0.15, 0.2) is 0 Å². The van der Waals surface area contributed by atoms with Gasteiger partial charge in [0.25, 0.3) is 5.91 Å². The first-order valence-electron chi connectivity index (χ1n) is 4.76. The Bertz CT molecular complexity index is 247. The van der Waals surface area contributed by atoms with Gasteiger partial charge in [-0.05, 0) is 12.8 Å². The van der Waals surface area contributed by atoms with Crippen molar-refractivity contribution in [2.75, 3.05) is 13.2 Å². The molecule has 3 N–H and O–H groups in total. The van der Waals surface area contributed by atoms with Crippen molar-refractivity contribution >= 4 is 5.91 Å². The van der Waals surface area contributed by atoms with Gasteiger partial charge in [0.15, 0.2) is 6.61 Å². The number of nitrogens with two attached hydrogens (primary N) is 1. The second-order valence-electron chi connectivity index (χ2n) is 3.43. The highest BCUT2D eigenvalue weighted by atomic mass is 19.4. The van der Waals surface area contributed by atoms with Crippen LogP contribution in [0.25, 0.3) is 0 Å². The molecule has 0 radical (unpaired) electrons. The zero-order valence-electron chi connectivity index (χ0n) is 8.42. The number of carbonyl (C=O) groups excluding carboxylic acids is 1. The molecule has 1 aliphatic rings. The van der Waals surface area contributed by atoms with Crippen molar-refractivity contribution in [3.8, 4) is 0 Å². The largest absolute Gasteiger partial charge is 0.414 e. The summed E-state index contributed by atoms with van der Waals surface area (Å²) in [5, 5.41) is 0. The van der Waals surface area contributed by atoms with Gasteiger partial charge in [-0.25, -0.2) is 5.48 Å². The summed E-state index contributed by atoms with van der Waals surface area (Å²) < 4.78 is 40.2. The molecule has 0 aromatic rings. The molecular formula is C8H13F3N2O3. The number of hydrogen-bond acceptors (Lipinski definition) is 4. The lowest BCUT2D eigenvalue weighted by Gasteiger charge is -2.13. The van der Waals surface area contributed by atoms with E-state index in [0.717, 1.165) is 0 Å². The molecule has 0 aromatic carbocycles. The van der Waals surface area contributed by atoms with E-state index in [0.29, 0.717) is 12.8 Å². The fourth-order valence-corrected chi connectivity index (χ4v) is 1.33. The highest BCUT2D eigenvalue weighted by Gasteiger charge is 2.32. The van der Waals surface area contributed by atoms with Crippen LogP contribution in [-0.2, 0) is 14.4 Å². The van der Waals surface area contributed by atoms with E-state index >= 15 is 0 Å². The van der Waals surface area contributed by atoms with E-state index in [9.17, 15) is 18.0 Å². The van der Waals surface area contributed by atoms with Crippen molar-refractivity contribution in [2.45, 2.75) is 31.2 Å². The predicted molar refractivity (Wildman–Crippen MR) is 47.1 cm³/mol. The molecule has 0 spiro atoms. The molecule has 1 rings (SSSR count). The summed E-state index contributed by atoms with van der Waals surface area (Å²) in [7, 11) is 0. The SMILES string of the molecule is NCC1CCC(C(=O)NOCC(F)(F)F)O1. The molecular weight excluding hydrogens is 229 g/mol. The molecule has 0 bridgehead atoms. The maximum atomic E-state index is 11.7. The van der Waals surface area contributed by atoms with Crippen molar-refractivity contribution in [1.29, 1.82) is 0 Å². The molecule has 8 heteroatoms. The third-order valence-electron chi connectivity index (χ3n) is 2.07. The molecule has 1 heterocycles. The van der Waals surface area contributed by atoms with E-state index < -0.39 is 24.8 Å².